The highest BCUT2D eigenvalue weighted by atomic mass is 32.1. The van der Waals surface area contributed by atoms with Crippen molar-refractivity contribution < 1.29 is 0 Å². The fourth-order valence-corrected chi connectivity index (χ4v) is 3.28. The highest BCUT2D eigenvalue weighted by molar-refractivity contribution is 7.15. The summed E-state index contributed by atoms with van der Waals surface area (Å²) < 4.78 is 0. The summed E-state index contributed by atoms with van der Waals surface area (Å²) in [4.78, 5) is 5.92. The average molecular weight is 223 g/mol. The van der Waals surface area contributed by atoms with Crippen LogP contribution in [0.15, 0.2) is 0 Å². The van der Waals surface area contributed by atoms with Crippen molar-refractivity contribution in [3.63, 3.8) is 0 Å². The van der Waals surface area contributed by atoms with E-state index < -0.39 is 0 Å². The maximum atomic E-state index is 5.78. The molecule has 3 nitrogen and oxygen atoms in total. The second-order valence-electron chi connectivity index (χ2n) is 4.63. The Morgan fingerprint density at radius 1 is 1.40 bits per heavy atom. The molecule has 0 saturated heterocycles. The van der Waals surface area contributed by atoms with Crippen LogP contribution >= 0.6 is 11.3 Å². The molecule has 4 heteroatoms. The molecule has 15 heavy (non-hydrogen) atoms. The van der Waals surface area contributed by atoms with Crippen molar-refractivity contribution in [1.82, 2.24) is 10.3 Å². The number of rotatable bonds is 3. The molecule has 1 fully saturated rings. The minimum atomic E-state index is 0.614. The lowest BCUT2D eigenvalue weighted by molar-refractivity contribution is 0.500. The van der Waals surface area contributed by atoms with E-state index in [1.54, 1.807) is 11.3 Å². The number of hydrogen-bond donors (Lipinski definition) is 2. The predicted octanol–water partition coefficient (Wildman–Crippen LogP) is 1.90. The summed E-state index contributed by atoms with van der Waals surface area (Å²) in [5, 5.41) is 4.35. The largest absolute Gasteiger partial charge is 0.375 e. The van der Waals surface area contributed by atoms with Crippen LogP contribution in [-0.4, -0.2) is 17.6 Å². The SMILES string of the molecule is Nc1nc2c(s1)CCCC2CNC1CC1. The fraction of sp³-hybridized carbons (Fsp3) is 0.727. The molecule has 1 unspecified atom stereocenters. The summed E-state index contributed by atoms with van der Waals surface area (Å²) >= 11 is 1.68. The van der Waals surface area contributed by atoms with Crippen molar-refractivity contribution in [2.45, 2.75) is 44.1 Å². The van der Waals surface area contributed by atoms with Gasteiger partial charge in [-0.15, -0.1) is 11.3 Å². The monoisotopic (exact) mass is 223 g/mol. The highest BCUT2D eigenvalue weighted by Gasteiger charge is 2.27. The normalized spacial score (nSPS) is 25.2. The van der Waals surface area contributed by atoms with Crippen LogP contribution in [0.1, 0.15) is 42.2 Å². The first-order chi connectivity index (χ1) is 7.33. The van der Waals surface area contributed by atoms with Gasteiger partial charge in [-0.25, -0.2) is 4.98 Å². The van der Waals surface area contributed by atoms with Crippen LogP contribution in [0.2, 0.25) is 0 Å². The molecule has 0 amide bonds. The van der Waals surface area contributed by atoms with Crippen LogP contribution in [0.4, 0.5) is 5.13 Å². The molecule has 3 rings (SSSR count). The Balaban J connectivity index is 1.72. The van der Waals surface area contributed by atoms with E-state index in [9.17, 15) is 0 Å². The summed E-state index contributed by atoms with van der Waals surface area (Å²) in [6, 6.07) is 0.798. The van der Waals surface area contributed by atoms with Crippen LogP contribution in [0.25, 0.3) is 0 Å². The van der Waals surface area contributed by atoms with E-state index in [1.807, 2.05) is 0 Å². The zero-order chi connectivity index (χ0) is 10.3. The highest BCUT2D eigenvalue weighted by Crippen LogP contribution is 2.35. The number of nitrogens with two attached hydrogens (primary N) is 1. The Labute approximate surface area is 94.1 Å². The third kappa shape index (κ3) is 2.01. The van der Waals surface area contributed by atoms with Gasteiger partial charge < -0.3 is 11.1 Å². The zero-order valence-corrected chi connectivity index (χ0v) is 9.65. The lowest BCUT2D eigenvalue weighted by Crippen LogP contribution is -2.25. The number of thiazole rings is 1. The average Bonchev–Trinajstić information content (AvgIpc) is 2.96. The zero-order valence-electron chi connectivity index (χ0n) is 8.83. The summed E-state index contributed by atoms with van der Waals surface area (Å²) in [6.45, 7) is 1.10. The second-order valence-corrected chi connectivity index (χ2v) is 5.75. The van der Waals surface area contributed by atoms with Gasteiger partial charge in [0.05, 0.1) is 5.69 Å². The second kappa shape index (κ2) is 3.76. The number of hydrogen-bond acceptors (Lipinski definition) is 4. The minimum absolute atomic E-state index is 0.614. The predicted molar refractivity (Wildman–Crippen MR) is 63.2 cm³/mol. The number of aromatic nitrogens is 1. The Morgan fingerprint density at radius 3 is 3.07 bits per heavy atom. The van der Waals surface area contributed by atoms with Crippen LogP contribution in [0.3, 0.4) is 0 Å². The number of aryl methyl sites for hydroxylation is 1. The topological polar surface area (TPSA) is 50.9 Å². The van der Waals surface area contributed by atoms with Gasteiger partial charge in [0.1, 0.15) is 0 Å². The summed E-state index contributed by atoms with van der Waals surface area (Å²) in [6.07, 6.45) is 6.48. The maximum absolute atomic E-state index is 5.78. The molecule has 1 aromatic rings. The Morgan fingerprint density at radius 2 is 2.27 bits per heavy atom. The molecule has 1 aromatic heterocycles. The van der Waals surface area contributed by atoms with E-state index in [4.69, 9.17) is 5.73 Å². The van der Waals surface area contributed by atoms with Gasteiger partial charge in [-0.05, 0) is 32.1 Å². The third-order valence-electron chi connectivity index (χ3n) is 3.32. The van der Waals surface area contributed by atoms with Crippen LogP contribution < -0.4 is 11.1 Å². The van der Waals surface area contributed by atoms with Crippen molar-refractivity contribution in [3.05, 3.63) is 10.6 Å². The molecule has 1 saturated carbocycles. The van der Waals surface area contributed by atoms with Gasteiger partial charge in [0, 0.05) is 23.4 Å². The van der Waals surface area contributed by atoms with Crippen molar-refractivity contribution >= 4 is 16.5 Å². The van der Waals surface area contributed by atoms with Crippen molar-refractivity contribution in [2.75, 3.05) is 12.3 Å². The first kappa shape index (κ1) is 9.60. The Hall–Kier alpha value is -0.610. The van der Waals surface area contributed by atoms with Gasteiger partial charge in [-0.2, -0.15) is 0 Å². The molecule has 82 valence electrons. The van der Waals surface area contributed by atoms with Gasteiger partial charge in [0.15, 0.2) is 5.13 Å². The number of nitrogens with one attached hydrogen (secondary N) is 1. The first-order valence-corrected chi connectivity index (χ1v) is 6.63. The van der Waals surface area contributed by atoms with E-state index in [-0.39, 0.29) is 0 Å². The van der Waals surface area contributed by atoms with E-state index in [0.29, 0.717) is 5.92 Å². The van der Waals surface area contributed by atoms with Crippen LogP contribution in [0, 0.1) is 0 Å². The van der Waals surface area contributed by atoms with E-state index in [1.165, 1.54) is 42.7 Å². The molecule has 2 aliphatic rings. The third-order valence-corrected chi connectivity index (χ3v) is 4.28. The number of nitrogen functional groups attached to an aromatic ring is 1. The molecule has 1 atom stereocenters. The van der Waals surface area contributed by atoms with E-state index >= 15 is 0 Å². The smallest absolute Gasteiger partial charge is 0.180 e. The molecule has 0 aliphatic heterocycles. The lowest BCUT2D eigenvalue weighted by Gasteiger charge is -2.21. The lowest BCUT2D eigenvalue weighted by atomic mass is 9.91. The molecule has 1 heterocycles. The van der Waals surface area contributed by atoms with Gasteiger partial charge in [-0.1, -0.05) is 0 Å². The molecule has 0 bridgehead atoms. The van der Waals surface area contributed by atoms with Crippen LogP contribution in [0.5, 0.6) is 0 Å². The van der Waals surface area contributed by atoms with Gasteiger partial charge in [0.2, 0.25) is 0 Å². The standard InChI is InChI=1S/C11H17N3S/c12-11-14-10-7(6-13-8-4-5-8)2-1-3-9(10)15-11/h7-8,13H,1-6H2,(H2,12,14). The minimum Gasteiger partial charge on any atom is -0.375 e. The molecule has 0 radical (unpaired) electrons. The summed E-state index contributed by atoms with van der Waals surface area (Å²) in [5.41, 5.74) is 7.06. The van der Waals surface area contributed by atoms with Gasteiger partial charge in [0.25, 0.3) is 0 Å². The molecule has 0 aromatic carbocycles. The number of nitrogens with zero attached hydrogens (tertiary/aromatic N) is 1. The summed E-state index contributed by atoms with van der Waals surface area (Å²) in [5.74, 6) is 0.614. The van der Waals surface area contributed by atoms with Crippen LogP contribution in [-0.2, 0) is 6.42 Å². The first-order valence-electron chi connectivity index (χ1n) is 5.81. The Bertz CT molecular complexity index is 357. The summed E-state index contributed by atoms with van der Waals surface area (Å²) in [7, 11) is 0. The molecule has 3 N–H and O–H groups in total. The molecule has 2 aliphatic carbocycles. The molecular weight excluding hydrogens is 206 g/mol. The van der Waals surface area contributed by atoms with E-state index in [2.05, 4.69) is 10.3 Å². The fourth-order valence-electron chi connectivity index (χ4n) is 2.32. The molecule has 0 spiro atoms. The van der Waals surface area contributed by atoms with E-state index in [0.717, 1.165) is 17.7 Å². The Kier molecular flexibility index (Phi) is 2.41. The molecular formula is C11H17N3S. The number of fused-ring (bicyclic) bond motifs is 1. The van der Waals surface area contributed by atoms with Crippen molar-refractivity contribution in [3.8, 4) is 0 Å². The van der Waals surface area contributed by atoms with Crippen molar-refractivity contribution in [1.29, 1.82) is 0 Å². The number of anilines is 1. The van der Waals surface area contributed by atoms with Gasteiger partial charge in [-0.3, -0.25) is 0 Å². The maximum Gasteiger partial charge on any atom is 0.180 e. The quantitative estimate of drug-likeness (QED) is 0.823. The van der Waals surface area contributed by atoms with Gasteiger partial charge >= 0.3 is 0 Å². The van der Waals surface area contributed by atoms with Crippen molar-refractivity contribution in [2.24, 2.45) is 0 Å².